The molecule has 1 atom stereocenters. The predicted octanol–water partition coefficient (Wildman–Crippen LogP) is 1.99. The van der Waals surface area contributed by atoms with Gasteiger partial charge in [0.1, 0.15) is 12.4 Å². The maximum Gasteiger partial charge on any atom is 0.119 e. The van der Waals surface area contributed by atoms with E-state index in [1.165, 1.54) is 0 Å². The van der Waals surface area contributed by atoms with E-state index in [0.717, 1.165) is 51.5 Å². The summed E-state index contributed by atoms with van der Waals surface area (Å²) >= 11 is 0. The van der Waals surface area contributed by atoms with Crippen molar-refractivity contribution in [2.75, 3.05) is 39.3 Å². The van der Waals surface area contributed by atoms with Crippen molar-refractivity contribution in [1.29, 1.82) is 5.26 Å². The summed E-state index contributed by atoms with van der Waals surface area (Å²) in [5.41, 5.74) is 0. The SMILES string of the molecule is CCC(C#N)N1CCN(CCOc2ccccc2)CC1. The lowest BCUT2D eigenvalue weighted by molar-refractivity contribution is 0.101. The molecular weight excluding hydrogens is 250 g/mol. The topological polar surface area (TPSA) is 39.5 Å². The fraction of sp³-hybridized carbons (Fsp3) is 0.562. The molecule has 20 heavy (non-hydrogen) atoms. The number of benzene rings is 1. The standard InChI is InChI=1S/C16H23N3O/c1-2-15(14-17)19-10-8-18(9-11-19)12-13-20-16-6-4-3-5-7-16/h3-7,15H,2,8-13H2,1H3. The van der Waals surface area contributed by atoms with E-state index < -0.39 is 0 Å². The second kappa shape index (κ2) is 7.88. The lowest BCUT2D eigenvalue weighted by atomic mass is 10.2. The van der Waals surface area contributed by atoms with Crippen LogP contribution in [0.4, 0.5) is 0 Å². The summed E-state index contributed by atoms with van der Waals surface area (Å²) in [4.78, 5) is 4.69. The highest BCUT2D eigenvalue weighted by atomic mass is 16.5. The van der Waals surface area contributed by atoms with Gasteiger partial charge in [0.15, 0.2) is 0 Å². The number of hydrogen-bond donors (Lipinski definition) is 0. The number of hydrogen-bond acceptors (Lipinski definition) is 4. The van der Waals surface area contributed by atoms with Gasteiger partial charge in [-0.1, -0.05) is 25.1 Å². The molecule has 0 N–H and O–H groups in total. The number of para-hydroxylation sites is 1. The molecule has 1 aromatic carbocycles. The Morgan fingerprint density at radius 1 is 1.20 bits per heavy atom. The molecule has 0 spiro atoms. The van der Waals surface area contributed by atoms with E-state index in [-0.39, 0.29) is 6.04 Å². The Hall–Kier alpha value is -1.57. The first-order valence-corrected chi connectivity index (χ1v) is 7.37. The Balaban J connectivity index is 1.66. The van der Waals surface area contributed by atoms with E-state index in [0.29, 0.717) is 0 Å². The van der Waals surface area contributed by atoms with Crippen molar-refractivity contribution in [2.24, 2.45) is 0 Å². The molecule has 2 rings (SSSR count). The quantitative estimate of drug-likeness (QED) is 0.794. The Bertz CT molecular complexity index is 421. The van der Waals surface area contributed by atoms with E-state index in [2.05, 4.69) is 22.8 Å². The lowest BCUT2D eigenvalue weighted by Gasteiger charge is -2.36. The average molecular weight is 273 g/mol. The van der Waals surface area contributed by atoms with Gasteiger partial charge in [0.2, 0.25) is 0 Å². The minimum absolute atomic E-state index is 0.0812. The summed E-state index contributed by atoms with van der Waals surface area (Å²) in [5, 5.41) is 9.09. The zero-order valence-corrected chi connectivity index (χ0v) is 12.2. The van der Waals surface area contributed by atoms with Crippen molar-refractivity contribution in [2.45, 2.75) is 19.4 Å². The highest BCUT2D eigenvalue weighted by molar-refractivity contribution is 5.20. The van der Waals surface area contributed by atoms with Crippen LogP contribution in [0.25, 0.3) is 0 Å². The van der Waals surface area contributed by atoms with Crippen molar-refractivity contribution >= 4 is 0 Å². The molecule has 1 fully saturated rings. The number of nitrogens with zero attached hydrogens (tertiary/aromatic N) is 3. The van der Waals surface area contributed by atoms with Gasteiger partial charge in [-0.2, -0.15) is 5.26 Å². The zero-order chi connectivity index (χ0) is 14.2. The van der Waals surface area contributed by atoms with Gasteiger partial charge in [-0.3, -0.25) is 9.80 Å². The molecule has 1 saturated heterocycles. The van der Waals surface area contributed by atoms with Crippen LogP contribution in [0.15, 0.2) is 30.3 Å². The molecule has 1 aliphatic heterocycles. The van der Waals surface area contributed by atoms with Gasteiger partial charge in [-0.15, -0.1) is 0 Å². The highest BCUT2D eigenvalue weighted by Crippen LogP contribution is 2.10. The van der Waals surface area contributed by atoms with Crippen LogP contribution in [0.5, 0.6) is 5.75 Å². The van der Waals surface area contributed by atoms with Crippen LogP contribution in [-0.2, 0) is 0 Å². The number of ether oxygens (including phenoxy) is 1. The molecule has 0 aliphatic carbocycles. The molecular formula is C16H23N3O. The third-order valence-corrected chi connectivity index (χ3v) is 3.80. The average Bonchev–Trinajstić information content (AvgIpc) is 2.51. The largest absolute Gasteiger partial charge is 0.492 e. The van der Waals surface area contributed by atoms with Crippen molar-refractivity contribution in [3.63, 3.8) is 0 Å². The van der Waals surface area contributed by atoms with Crippen LogP contribution in [0.1, 0.15) is 13.3 Å². The second-order valence-corrected chi connectivity index (χ2v) is 5.09. The first kappa shape index (κ1) is 14.8. The molecule has 0 saturated carbocycles. The number of nitriles is 1. The Morgan fingerprint density at radius 3 is 2.50 bits per heavy atom. The first-order valence-electron chi connectivity index (χ1n) is 7.37. The molecule has 4 heteroatoms. The number of piperazine rings is 1. The Morgan fingerprint density at radius 2 is 1.90 bits per heavy atom. The van der Waals surface area contributed by atoms with E-state index in [9.17, 15) is 0 Å². The third-order valence-electron chi connectivity index (χ3n) is 3.80. The fourth-order valence-electron chi connectivity index (χ4n) is 2.54. The summed E-state index contributed by atoms with van der Waals surface area (Å²) < 4.78 is 5.72. The van der Waals surface area contributed by atoms with Crippen molar-refractivity contribution < 1.29 is 4.74 Å². The molecule has 1 aliphatic rings. The molecule has 0 amide bonds. The van der Waals surface area contributed by atoms with E-state index in [1.54, 1.807) is 0 Å². The molecule has 0 radical (unpaired) electrons. The predicted molar refractivity (Wildman–Crippen MR) is 79.6 cm³/mol. The smallest absolute Gasteiger partial charge is 0.119 e. The van der Waals surface area contributed by atoms with E-state index in [1.807, 2.05) is 30.3 Å². The van der Waals surface area contributed by atoms with Gasteiger partial charge < -0.3 is 4.74 Å². The Labute approximate surface area is 121 Å². The number of rotatable bonds is 6. The maximum atomic E-state index is 9.09. The third kappa shape index (κ3) is 4.22. The Kier molecular flexibility index (Phi) is 5.85. The van der Waals surface area contributed by atoms with E-state index >= 15 is 0 Å². The first-order chi connectivity index (χ1) is 9.83. The fourth-order valence-corrected chi connectivity index (χ4v) is 2.54. The molecule has 0 bridgehead atoms. The molecule has 1 aromatic rings. The van der Waals surface area contributed by atoms with Crippen LogP contribution in [0.2, 0.25) is 0 Å². The minimum Gasteiger partial charge on any atom is -0.492 e. The van der Waals surface area contributed by atoms with Crippen LogP contribution in [0, 0.1) is 11.3 Å². The van der Waals surface area contributed by atoms with Crippen LogP contribution in [0.3, 0.4) is 0 Å². The van der Waals surface area contributed by atoms with Gasteiger partial charge in [0.05, 0.1) is 12.1 Å². The molecule has 108 valence electrons. The van der Waals surface area contributed by atoms with Gasteiger partial charge in [-0.05, 0) is 18.6 Å². The molecule has 1 unspecified atom stereocenters. The summed E-state index contributed by atoms with van der Waals surface area (Å²) in [6.07, 6.45) is 0.910. The summed E-state index contributed by atoms with van der Waals surface area (Å²) in [6.45, 7) is 7.76. The van der Waals surface area contributed by atoms with Gasteiger partial charge in [0, 0.05) is 32.7 Å². The maximum absolute atomic E-state index is 9.09. The normalized spacial score (nSPS) is 18.4. The van der Waals surface area contributed by atoms with Crippen LogP contribution < -0.4 is 4.74 Å². The monoisotopic (exact) mass is 273 g/mol. The van der Waals surface area contributed by atoms with Gasteiger partial charge in [0.25, 0.3) is 0 Å². The highest BCUT2D eigenvalue weighted by Gasteiger charge is 2.22. The summed E-state index contributed by atoms with van der Waals surface area (Å²) in [5.74, 6) is 0.932. The lowest BCUT2D eigenvalue weighted by Crippen LogP contribution is -2.50. The zero-order valence-electron chi connectivity index (χ0n) is 12.2. The van der Waals surface area contributed by atoms with E-state index in [4.69, 9.17) is 10.00 Å². The van der Waals surface area contributed by atoms with Crippen molar-refractivity contribution in [3.8, 4) is 11.8 Å². The summed E-state index contributed by atoms with van der Waals surface area (Å²) in [6, 6.07) is 12.4. The minimum atomic E-state index is 0.0812. The second-order valence-electron chi connectivity index (χ2n) is 5.09. The molecule has 4 nitrogen and oxygen atoms in total. The van der Waals surface area contributed by atoms with Crippen LogP contribution in [-0.4, -0.2) is 55.2 Å². The molecule has 0 aromatic heterocycles. The van der Waals surface area contributed by atoms with Gasteiger partial charge in [-0.25, -0.2) is 0 Å². The van der Waals surface area contributed by atoms with Crippen molar-refractivity contribution in [1.82, 2.24) is 9.80 Å². The molecule has 1 heterocycles. The van der Waals surface area contributed by atoms with Crippen LogP contribution >= 0.6 is 0 Å². The van der Waals surface area contributed by atoms with Gasteiger partial charge >= 0.3 is 0 Å². The summed E-state index contributed by atoms with van der Waals surface area (Å²) in [7, 11) is 0. The van der Waals surface area contributed by atoms with Crippen molar-refractivity contribution in [3.05, 3.63) is 30.3 Å².